The summed E-state index contributed by atoms with van der Waals surface area (Å²) in [5, 5.41) is 0. The van der Waals surface area contributed by atoms with Crippen LogP contribution in [0.25, 0.3) is 0 Å². The van der Waals surface area contributed by atoms with Gasteiger partial charge in [-0.15, -0.1) is 0 Å². The second-order valence-electron chi connectivity index (χ2n) is 11.1. The van der Waals surface area contributed by atoms with Crippen molar-refractivity contribution in [1.82, 2.24) is 0 Å². The standard InChI is InChI=1S/C30H34O5/c1-17(31)19-4-6-20(7-5-19)25-15-24-21(14-28(25)33)8-9-23-22(24)12-13-30(3)26(23)10-11-27(30)29(34)16-35-18(2)32/h4-7,14,23,25-27H,8-13,15-16H2,1-3H3/t23-,25?,26+,27-,30+/m1/s1. The van der Waals surface area contributed by atoms with Crippen molar-refractivity contribution in [2.75, 3.05) is 6.61 Å². The number of rotatable bonds is 5. The molecule has 1 aromatic carbocycles. The first kappa shape index (κ1) is 23.9. The number of benzene rings is 1. The molecule has 0 heterocycles. The van der Waals surface area contributed by atoms with Gasteiger partial charge in [0, 0.05) is 18.4 Å². The van der Waals surface area contributed by atoms with Crippen molar-refractivity contribution in [3.63, 3.8) is 0 Å². The number of fused-ring (bicyclic) bond motifs is 4. The number of ketones is 3. The van der Waals surface area contributed by atoms with Gasteiger partial charge in [0.2, 0.25) is 0 Å². The van der Waals surface area contributed by atoms with Crippen LogP contribution in [0.15, 0.2) is 47.1 Å². The van der Waals surface area contributed by atoms with Crippen LogP contribution in [0.2, 0.25) is 0 Å². The number of hydrogen-bond acceptors (Lipinski definition) is 5. The van der Waals surface area contributed by atoms with E-state index in [9.17, 15) is 19.2 Å². The molecule has 4 aliphatic carbocycles. The molecule has 0 N–H and O–H groups in total. The molecule has 2 fully saturated rings. The van der Waals surface area contributed by atoms with Gasteiger partial charge in [0.25, 0.3) is 0 Å². The molecule has 4 aliphatic rings. The highest BCUT2D eigenvalue weighted by Gasteiger charge is 2.55. The highest BCUT2D eigenvalue weighted by Crippen LogP contribution is 2.62. The lowest BCUT2D eigenvalue weighted by Crippen LogP contribution is -2.43. The molecule has 0 radical (unpaired) electrons. The van der Waals surface area contributed by atoms with E-state index in [-0.39, 0.29) is 41.2 Å². The van der Waals surface area contributed by atoms with Gasteiger partial charge in [0.15, 0.2) is 17.3 Å². The minimum atomic E-state index is -0.405. The highest BCUT2D eigenvalue weighted by molar-refractivity contribution is 5.99. The summed E-state index contributed by atoms with van der Waals surface area (Å²) in [6, 6.07) is 7.50. The van der Waals surface area contributed by atoms with Crippen molar-refractivity contribution >= 4 is 23.3 Å². The monoisotopic (exact) mass is 474 g/mol. The molecule has 1 aromatic rings. The van der Waals surface area contributed by atoms with Gasteiger partial charge in [-0.25, -0.2) is 0 Å². The molecule has 0 aliphatic heterocycles. The van der Waals surface area contributed by atoms with Crippen molar-refractivity contribution in [3.8, 4) is 0 Å². The zero-order chi connectivity index (χ0) is 24.9. The number of ether oxygens (including phenoxy) is 1. The first-order chi connectivity index (χ1) is 16.7. The van der Waals surface area contributed by atoms with Gasteiger partial charge < -0.3 is 4.74 Å². The van der Waals surface area contributed by atoms with Gasteiger partial charge in [-0.1, -0.05) is 36.8 Å². The molecule has 0 spiro atoms. The van der Waals surface area contributed by atoms with Crippen LogP contribution in [0.5, 0.6) is 0 Å². The van der Waals surface area contributed by atoms with Crippen molar-refractivity contribution in [3.05, 3.63) is 58.2 Å². The van der Waals surface area contributed by atoms with E-state index in [2.05, 4.69) is 6.92 Å². The van der Waals surface area contributed by atoms with Crippen LogP contribution in [-0.2, 0) is 19.1 Å². The van der Waals surface area contributed by atoms with E-state index in [1.54, 1.807) is 6.92 Å². The SMILES string of the molecule is CC(=O)OCC(=O)[C@H]1CC[C@H]2[C@@H]3CCC4=CC(=O)C(c5ccc(C(C)=O)cc5)CC4=C3CC[C@]12C. The molecule has 5 nitrogen and oxygen atoms in total. The Morgan fingerprint density at radius 3 is 2.46 bits per heavy atom. The van der Waals surface area contributed by atoms with Gasteiger partial charge in [-0.3, -0.25) is 19.2 Å². The lowest BCUT2D eigenvalue weighted by molar-refractivity contribution is -0.148. The molecule has 1 unspecified atom stereocenters. The quantitative estimate of drug-likeness (QED) is 0.414. The molecule has 5 atom stereocenters. The van der Waals surface area contributed by atoms with Gasteiger partial charge in [0.05, 0.1) is 5.92 Å². The second-order valence-corrected chi connectivity index (χ2v) is 11.1. The Labute approximate surface area is 207 Å². The third kappa shape index (κ3) is 4.13. The van der Waals surface area contributed by atoms with Crippen LogP contribution in [0.4, 0.5) is 0 Å². The van der Waals surface area contributed by atoms with Gasteiger partial charge >= 0.3 is 5.97 Å². The van der Waals surface area contributed by atoms with Crippen LogP contribution < -0.4 is 0 Å². The summed E-state index contributed by atoms with van der Waals surface area (Å²) in [5.41, 5.74) is 5.68. The topological polar surface area (TPSA) is 77.5 Å². The Balaban J connectivity index is 1.41. The van der Waals surface area contributed by atoms with Crippen LogP contribution in [0.3, 0.4) is 0 Å². The second kappa shape index (κ2) is 9.00. The van der Waals surface area contributed by atoms with E-state index < -0.39 is 5.97 Å². The van der Waals surface area contributed by atoms with Crippen LogP contribution in [0.1, 0.15) is 87.6 Å². The number of carbonyl (C=O) groups is 4. The van der Waals surface area contributed by atoms with E-state index in [0.717, 1.165) is 50.5 Å². The first-order valence-corrected chi connectivity index (χ1v) is 12.9. The summed E-state index contributed by atoms with van der Waals surface area (Å²) in [6.45, 7) is 5.06. The molecule has 0 aromatic heterocycles. The molecular formula is C30H34O5. The minimum absolute atomic E-state index is 0.0280. The number of carbonyl (C=O) groups excluding carboxylic acids is 4. The molecule has 184 valence electrons. The van der Waals surface area contributed by atoms with Crippen molar-refractivity contribution in [1.29, 1.82) is 0 Å². The average molecular weight is 475 g/mol. The molecular weight excluding hydrogens is 440 g/mol. The van der Waals surface area contributed by atoms with Crippen molar-refractivity contribution in [2.24, 2.45) is 23.2 Å². The molecule has 0 amide bonds. The molecule has 0 bridgehead atoms. The Bertz CT molecular complexity index is 1150. The highest BCUT2D eigenvalue weighted by atomic mass is 16.5. The summed E-state index contributed by atoms with van der Waals surface area (Å²) in [5.74, 6) is 0.523. The number of hydrogen-bond donors (Lipinski definition) is 0. The Morgan fingerprint density at radius 2 is 1.77 bits per heavy atom. The largest absolute Gasteiger partial charge is 0.458 e. The molecule has 5 heteroatoms. The Hall–Kier alpha value is -2.82. The maximum absolute atomic E-state index is 13.1. The predicted octanol–water partition coefficient (Wildman–Crippen LogP) is 5.54. The fourth-order valence-electron chi connectivity index (χ4n) is 7.57. The molecule has 35 heavy (non-hydrogen) atoms. The van der Waals surface area contributed by atoms with E-state index in [1.165, 1.54) is 23.6 Å². The number of Topliss-reactive ketones (excluding diaryl/α,β-unsaturated/α-hetero) is 2. The van der Waals surface area contributed by atoms with E-state index in [0.29, 0.717) is 17.4 Å². The van der Waals surface area contributed by atoms with Crippen LogP contribution >= 0.6 is 0 Å². The fourth-order valence-corrected chi connectivity index (χ4v) is 7.57. The Kier molecular flexibility index (Phi) is 6.14. The predicted molar refractivity (Wildman–Crippen MR) is 132 cm³/mol. The normalized spacial score (nSPS) is 31.7. The van der Waals surface area contributed by atoms with Gasteiger partial charge in [-0.2, -0.15) is 0 Å². The molecule has 0 saturated heterocycles. The summed E-state index contributed by atoms with van der Waals surface area (Å²) in [6.07, 6.45) is 8.39. The summed E-state index contributed by atoms with van der Waals surface area (Å²) < 4.78 is 5.05. The molecule has 5 rings (SSSR count). The maximum atomic E-state index is 13.1. The average Bonchev–Trinajstić information content (AvgIpc) is 3.19. The summed E-state index contributed by atoms with van der Waals surface area (Å²) in [7, 11) is 0. The van der Waals surface area contributed by atoms with Crippen molar-refractivity contribution < 1.29 is 23.9 Å². The molecule has 2 saturated carbocycles. The van der Waals surface area contributed by atoms with Crippen LogP contribution in [-0.4, -0.2) is 29.9 Å². The minimum Gasteiger partial charge on any atom is -0.458 e. The summed E-state index contributed by atoms with van der Waals surface area (Å²) in [4.78, 5) is 48.9. The fraction of sp³-hybridized carbons (Fsp3) is 0.533. The number of esters is 1. The third-order valence-electron chi connectivity index (χ3n) is 9.37. The smallest absolute Gasteiger partial charge is 0.303 e. The van der Waals surface area contributed by atoms with E-state index in [1.807, 2.05) is 30.3 Å². The Morgan fingerprint density at radius 1 is 1.03 bits per heavy atom. The number of allylic oxidation sites excluding steroid dienone is 4. The lowest BCUT2D eigenvalue weighted by Gasteiger charge is -2.49. The van der Waals surface area contributed by atoms with Crippen LogP contribution in [0, 0.1) is 23.2 Å². The zero-order valence-electron chi connectivity index (χ0n) is 20.9. The van der Waals surface area contributed by atoms with Gasteiger partial charge in [-0.05, 0) is 91.9 Å². The first-order valence-electron chi connectivity index (χ1n) is 12.9. The van der Waals surface area contributed by atoms with Gasteiger partial charge in [0.1, 0.15) is 6.61 Å². The van der Waals surface area contributed by atoms with E-state index in [4.69, 9.17) is 4.74 Å². The van der Waals surface area contributed by atoms with Crippen molar-refractivity contribution in [2.45, 2.75) is 71.6 Å². The van der Waals surface area contributed by atoms with E-state index >= 15 is 0 Å². The lowest BCUT2D eigenvalue weighted by atomic mass is 9.55. The third-order valence-corrected chi connectivity index (χ3v) is 9.37. The zero-order valence-corrected chi connectivity index (χ0v) is 20.9. The maximum Gasteiger partial charge on any atom is 0.303 e. The summed E-state index contributed by atoms with van der Waals surface area (Å²) >= 11 is 0.